The summed E-state index contributed by atoms with van der Waals surface area (Å²) in [4.78, 5) is 11.2. The lowest BCUT2D eigenvalue weighted by Crippen LogP contribution is -2.03. The average Bonchev–Trinajstić information content (AvgIpc) is 2.83. The molecule has 19 heavy (non-hydrogen) atoms. The highest BCUT2D eigenvalue weighted by atomic mass is 19.1. The molecule has 6 heteroatoms. The highest BCUT2D eigenvalue weighted by molar-refractivity contribution is 6.01. The molecule has 94 valence electrons. The van der Waals surface area contributed by atoms with Crippen molar-refractivity contribution in [2.24, 2.45) is 0 Å². The molecule has 1 heterocycles. The molecule has 0 saturated carbocycles. The predicted octanol–water partition coefficient (Wildman–Crippen LogP) is 2.26. The summed E-state index contributed by atoms with van der Waals surface area (Å²) in [6.07, 6.45) is 0. The number of para-hydroxylation sites is 1. The van der Waals surface area contributed by atoms with Crippen LogP contribution in [0.5, 0.6) is 0 Å². The highest BCUT2D eigenvalue weighted by Crippen LogP contribution is 2.20. The molecular weight excluding hydrogens is 249 g/mol. The van der Waals surface area contributed by atoms with Crippen molar-refractivity contribution in [3.8, 4) is 5.69 Å². The van der Waals surface area contributed by atoms with Crippen molar-refractivity contribution in [2.75, 3.05) is 0 Å². The number of hydrogen-bond acceptors (Lipinski definition) is 3. The third-order valence-electron chi connectivity index (χ3n) is 2.77. The van der Waals surface area contributed by atoms with E-state index in [-0.39, 0.29) is 11.4 Å². The van der Waals surface area contributed by atoms with Gasteiger partial charge in [-0.2, -0.15) is 0 Å². The van der Waals surface area contributed by atoms with Gasteiger partial charge in [0.2, 0.25) is 0 Å². The van der Waals surface area contributed by atoms with Crippen LogP contribution in [0.4, 0.5) is 4.39 Å². The van der Waals surface area contributed by atoms with E-state index in [1.165, 1.54) is 35.0 Å². The fourth-order valence-electron chi connectivity index (χ4n) is 1.91. The summed E-state index contributed by atoms with van der Waals surface area (Å²) in [6, 6.07) is 10.4. The molecule has 0 radical (unpaired) electrons. The lowest BCUT2D eigenvalue weighted by atomic mass is 10.2. The third kappa shape index (κ3) is 1.83. The molecule has 0 amide bonds. The van der Waals surface area contributed by atoms with Crippen LogP contribution < -0.4 is 0 Å². The van der Waals surface area contributed by atoms with Crippen LogP contribution in [0.25, 0.3) is 16.7 Å². The van der Waals surface area contributed by atoms with Gasteiger partial charge in [-0.3, -0.25) is 0 Å². The van der Waals surface area contributed by atoms with Crippen LogP contribution in [0.3, 0.4) is 0 Å². The van der Waals surface area contributed by atoms with Crippen LogP contribution in [0.15, 0.2) is 42.5 Å². The Morgan fingerprint density at radius 3 is 2.58 bits per heavy atom. The molecule has 0 bridgehead atoms. The van der Waals surface area contributed by atoms with Gasteiger partial charge >= 0.3 is 5.97 Å². The van der Waals surface area contributed by atoms with Gasteiger partial charge in [-0.15, -0.1) is 5.10 Å². The van der Waals surface area contributed by atoms with Gasteiger partial charge in [-0.1, -0.05) is 11.3 Å². The molecule has 0 saturated heterocycles. The van der Waals surface area contributed by atoms with Crippen molar-refractivity contribution in [2.45, 2.75) is 0 Å². The number of aromatic nitrogens is 3. The Balaban J connectivity index is 2.30. The maximum absolute atomic E-state index is 12.9. The molecule has 0 spiro atoms. The first-order valence-electron chi connectivity index (χ1n) is 5.50. The van der Waals surface area contributed by atoms with E-state index in [2.05, 4.69) is 10.3 Å². The molecule has 0 aliphatic rings. The van der Waals surface area contributed by atoms with Gasteiger partial charge in [0.05, 0.1) is 11.3 Å². The quantitative estimate of drug-likeness (QED) is 0.764. The third-order valence-corrected chi connectivity index (χ3v) is 2.77. The zero-order valence-electron chi connectivity index (χ0n) is 9.62. The average molecular weight is 257 g/mol. The van der Waals surface area contributed by atoms with E-state index < -0.39 is 5.97 Å². The molecule has 2 aromatic carbocycles. The molecule has 0 atom stereocenters. The number of halogens is 1. The number of rotatable bonds is 2. The Kier molecular flexibility index (Phi) is 2.49. The zero-order valence-corrected chi connectivity index (χ0v) is 9.62. The molecule has 0 fully saturated rings. The molecule has 0 unspecified atom stereocenters. The normalized spacial score (nSPS) is 10.8. The van der Waals surface area contributed by atoms with Crippen LogP contribution in [0, 0.1) is 5.82 Å². The number of benzene rings is 2. The van der Waals surface area contributed by atoms with E-state index in [1.807, 2.05) is 0 Å². The van der Waals surface area contributed by atoms with Gasteiger partial charge in [-0.25, -0.2) is 13.9 Å². The van der Waals surface area contributed by atoms with Gasteiger partial charge in [0.1, 0.15) is 16.9 Å². The monoisotopic (exact) mass is 257 g/mol. The highest BCUT2D eigenvalue weighted by Gasteiger charge is 2.15. The summed E-state index contributed by atoms with van der Waals surface area (Å²) < 4.78 is 14.3. The van der Waals surface area contributed by atoms with Crippen molar-refractivity contribution >= 4 is 17.0 Å². The SMILES string of the molecule is O=C(O)c1cccc2nnn(-c3ccc(F)cc3)c12. The first kappa shape index (κ1) is 11.3. The zero-order chi connectivity index (χ0) is 13.4. The van der Waals surface area contributed by atoms with E-state index in [0.29, 0.717) is 16.7 Å². The summed E-state index contributed by atoms with van der Waals surface area (Å²) in [5, 5.41) is 17.0. The summed E-state index contributed by atoms with van der Waals surface area (Å²) in [5.41, 5.74) is 1.52. The van der Waals surface area contributed by atoms with Crippen LogP contribution in [0.2, 0.25) is 0 Å². The lowest BCUT2D eigenvalue weighted by Gasteiger charge is -2.04. The lowest BCUT2D eigenvalue weighted by molar-refractivity contribution is 0.0698. The second-order valence-electron chi connectivity index (χ2n) is 3.96. The minimum Gasteiger partial charge on any atom is -0.478 e. The van der Waals surface area contributed by atoms with Crippen LogP contribution in [0.1, 0.15) is 10.4 Å². The molecule has 1 N–H and O–H groups in total. The van der Waals surface area contributed by atoms with Crippen LogP contribution in [-0.4, -0.2) is 26.1 Å². The summed E-state index contributed by atoms with van der Waals surface area (Å²) in [7, 11) is 0. The second kappa shape index (κ2) is 4.16. The van der Waals surface area contributed by atoms with Crippen LogP contribution in [-0.2, 0) is 0 Å². The van der Waals surface area contributed by atoms with Crippen molar-refractivity contribution in [1.29, 1.82) is 0 Å². The number of nitrogens with zero attached hydrogens (tertiary/aromatic N) is 3. The number of carbonyl (C=O) groups is 1. The molecule has 1 aromatic heterocycles. The molecule has 0 aliphatic carbocycles. The number of fused-ring (bicyclic) bond motifs is 1. The Bertz CT molecular complexity index is 765. The maximum Gasteiger partial charge on any atom is 0.337 e. The fourth-order valence-corrected chi connectivity index (χ4v) is 1.91. The smallest absolute Gasteiger partial charge is 0.337 e. The maximum atomic E-state index is 12.9. The number of aromatic carboxylic acids is 1. The largest absolute Gasteiger partial charge is 0.478 e. The van der Waals surface area contributed by atoms with Gasteiger partial charge in [-0.05, 0) is 36.4 Å². The van der Waals surface area contributed by atoms with Gasteiger partial charge in [0.15, 0.2) is 0 Å². The van der Waals surface area contributed by atoms with E-state index in [0.717, 1.165) is 0 Å². The van der Waals surface area contributed by atoms with Crippen molar-refractivity contribution in [1.82, 2.24) is 15.0 Å². The minimum atomic E-state index is -1.06. The molecular formula is C13H8FN3O2. The summed E-state index contributed by atoms with van der Waals surface area (Å²) in [5.74, 6) is -1.43. The van der Waals surface area contributed by atoms with E-state index in [4.69, 9.17) is 0 Å². The number of hydrogen-bond donors (Lipinski definition) is 1. The van der Waals surface area contributed by atoms with Crippen molar-refractivity contribution in [3.63, 3.8) is 0 Å². The molecule has 5 nitrogen and oxygen atoms in total. The van der Waals surface area contributed by atoms with Gasteiger partial charge < -0.3 is 5.11 Å². The Labute approximate surface area is 106 Å². The summed E-state index contributed by atoms with van der Waals surface area (Å²) in [6.45, 7) is 0. The molecule has 3 rings (SSSR count). The molecule has 0 aliphatic heterocycles. The fraction of sp³-hybridized carbons (Fsp3) is 0. The summed E-state index contributed by atoms with van der Waals surface area (Å²) >= 11 is 0. The first-order valence-corrected chi connectivity index (χ1v) is 5.50. The van der Waals surface area contributed by atoms with E-state index in [9.17, 15) is 14.3 Å². The van der Waals surface area contributed by atoms with Crippen molar-refractivity contribution in [3.05, 3.63) is 53.8 Å². The minimum absolute atomic E-state index is 0.104. The standard InChI is InChI=1S/C13H8FN3O2/c14-8-4-6-9(7-5-8)17-12-10(13(18)19)2-1-3-11(12)15-16-17/h1-7H,(H,18,19). The van der Waals surface area contributed by atoms with Gasteiger partial charge in [0.25, 0.3) is 0 Å². The Hall–Kier alpha value is -2.76. The molecule has 3 aromatic rings. The first-order chi connectivity index (χ1) is 9.16. The van der Waals surface area contributed by atoms with Crippen molar-refractivity contribution < 1.29 is 14.3 Å². The number of carboxylic acid groups (broad SMARTS) is 1. The van der Waals surface area contributed by atoms with E-state index in [1.54, 1.807) is 12.1 Å². The Morgan fingerprint density at radius 1 is 1.16 bits per heavy atom. The predicted molar refractivity (Wildman–Crippen MR) is 65.8 cm³/mol. The van der Waals surface area contributed by atoms with E-state index >= 15 is 0 Å². The second-order valence-corrected chi connectivity index (χ2v) is 3.96. The topological polar surface area (TPSA) is 68.0 Å². The van der Waals surface area contributed by atoms with Crippen LogP contribution >= 0.6 is 0 Å². The Morgan fingerprint density at radius 2 is 1.89 bits per heavy atom. The van der Waals surface area contributed by atoms with Gasteiger partial charge in [0, 0.05) is 0 Å². The number of carboxylic acids is 1.